The number of pyridine rings is 2. The van der Waals surface area contributed by atoms with Gasteiger partial charge in [-0.25, -0.2) is 0 Å². The Balaban J connectivity index is 0.000000101. The van der Waals surface area contributed by atoms with Crippen molar-refractivity contribution in [2.75, 3.05) is 0 Å². The second-order valence-electron chi connectivity index (χ2n) is 39.7. The van der Waals surface area contributed by atoms with Gasteiger partial charge in [0.2, 0.25) is 0 Å². The maximum atomic E-state index is 4.29. The van der Waals surface area contributed by atoms with E-state index in [1.807, 2.05) is 24.8 Å². The topological polar surface area (TPSA) is 55.4 Å². The quantitative estimate of drug-likeness (QED) is 0.135. The number of hydrogen-bond acceptors (Lipinski definition) is 2. The van der Waals surface area contributed by atoms with Crippen molar-refractivity contribution in [3.63, 3.8) is 0 Å². The molecule has 0 aliphatic heterocycles. The van der Waals surface area contributed by atoms with Crippen LogP contribution in [-0.4, -0.2) is 37.4 Å². The van der Waals surface area contributed by atoms with Crippen LogP contribution in [0.15, 0.2) is 534 Å². The summed E-state index contributed by atoms with van der Waals surface area (Å²) in [5.41, 5.74) is 28.5. The third-order valence-corrected chi connectivity index (χ3v) is 31.9. The van der Waals surface area contributed by atoms with Crippen molar-refractivity contribution in [2.24, 2.45) is 0 Å². The smallest absolute Gasteiger partial charge is 0.0547 e. The van der Waals surface area contributed by atoms with Gasteiger partial charge in [-0.2, -0.15) is 0 Å². The largest absolute Gasteiger partial charge is 0.309 e. The van der Waals surface area contributed by atoms with Crippen molar-refractivity contribution < 1.29 is 0 Å². The van der Waals surface area contributed by atoms with Gasteiger partial charge >= 0.3 is 0 Å². The number of para-hydroxylation sites is 7. The molecule has 0 spiro atoms. The van der Waals surface area contributed by atoms with E-state index < -0.39 is 0 Å². The van der Waals surface area contributed by atoms with Crippen LogP contribution in [0.25, 0.3) is 295 Å². The Morgan fingerprint density at radius 3 is 0.520 bits per heavy atom. The zero-order valence-corrected chi connectivity index (χ0v) is 81.4. The van der Waals surface area contributed by atoms with Gasteiger partial charge in [0.15, 0.2) is 0 Å². The van der Waals surface area contributed by atoms with Crippen LogP contribution in [0, 0.1) is 0 Å². The third-order valence-electron chi connectivity index (χ3n) is 31.9. The van der Waals surface area contributed by atoms with Crippen LogP contribution in [0.5, 0.6) is 0 Å². The summed E-state index contributed by atoms with van der Waals surface area (Å²) in [6, 6.07) is 187. The molecule has 8 heterocycles. The Hall–Kier alpha value is -20.1. The molecule has 0 fully saturated rings. The fraction of sp³-hybridized carbons (Fsp3) is 0. The number of aromatic nitrogens is 8. The van der Waals surface area contributed by atoms with Crippen molar-refractivity contribution in [2.45, 2.75) is 0 Å². The van der Waals surface area contributed by atoms with E-state index in [-0.39, 0.29) is 0 Å². The predicted molar refractivity (Wildman–Crippen MR) is 635 cm³/mol. The summed E-state index contributed by atoms with van der Waals surface area (Å²) < 4.78 is 14.4. The van der Waals surface area contributed by atoms with E-state index >= 15 is 0 Å². The molecule has 25 aromatic carbocycles. The molecule has 8 nitrogen and oxygen atoms in total. The van der Waals surface area contributed by atoms with E-state index in [0.717, 1.165) is 17.1 Å². The van der Waals surface area contributed by atoms with Gasteiger partial charge in [0.25, 0.3) is 0 Å². The van der Waals surface area contributed by atoms with Crippen LogP contribution in [0.1, 0.15) is 0 Å². The first-order chi connectivity index (χ1) is 74.4. The molecule has 0 bridgehead atoms. The number of benzene rings is 25. The first-order valence-electron chi connectivity index (χ1n) is 51.5. The molecule has 0 saturated carbocycles. The van der Waals surface area contributed by atoms with Crippen molar-refractivity contribution in [3.8, 4) is 67.5 Å². The lowest BCUT2D eigenvalue weighted by Crippen LogP contribution is -1.95. The molecule has 150 heavy (non-hydrogen) atoms. The van der Waals surface area contributed by atoms with Gasteiger partial charge in [-0.3, -0.25) is 9.97 Å². The van der Waals surface area contributed by atoms with Gasteiger partial charge in [0, 0.05) is 124 Å². The van der Waals surface area contributed by atoms with Gasteiger partial charge in [-0.05, 0) is 288 Å². The number of rotatable bonds is 9. The van der Waals surface area contributed by atoms with Crippen molar-refractivity contribution in [1.82, 2.24) is 37.4 Å². The molecule has 0 aliphatic rings. The first-order valence-corrected chi connectivity index (χ1v) is 51.5. The minimum Gasteiger partial charge on any atom is -0.309 e. The Morgan fingerprint density at radius 2 is 0.260 bits per heavy atom. The summed E-state index contributed by atoms with van der Waals surface area (Å²) in [4.78, 5) is 8.57. The van der Waals surface area contributed by atoms with Gasteiger partial charge < -0.3 is 27.4 Å². The molecule has 8 aromatic heterocycles. The number of fused-ring (bicyclic) bond motifs is 36. The van der Waals surface area contributed by atoms with Gasteiger partial charge in [-0.1, -0.05) is 352 Å². The molecule has 0 radical (unpaired) electrons. The van der Waals surface area contributed by atoms with E-state index in [1.165, 1.54) is 278 Å². The fourth-order valence-corrected chi connectivity index (χ4v) is 25.2. The van der Waals surface area contributed by atoms with E-state index in [2.05, 4.69) is 547 Å². The number of hydrogen-bond donors (Lipinski definition) is 0. The highest BCUT2D eigenvalue weighted by atomic mass is 15.0. The normalized spacial score (nSPS) is 12.0. The summed E-state index contributed by atoms with van der Waals surface area (Å²) in [7, 11) is 0. The maximum Gasteiger partial charge on any atom is 0.0547 e. The standard InChI is InChI=1S/C48H30N2.2C47H29N3/c1-2-12-33(13-3-1)49-45-20-10-8-18-40(45)42-25-22-32(29-48(42)49)31-23-27-47-44(28-31)41-19-9-11-21-46(41)50(47)34-24-26-39-37-16-5-4-14-35(37)36-15-6-7-17-38(36)43(39)30-34;1-2-11-36-34(9-1)35-10-3-4-12-37(35)42-29-33(19-21-38(36)42)50-45-16-8-6-14-40(45)43-27-30(18-22-46(43)50)31-17-20-41-39-13-5-7-15-44(39)49(47(41)28-31)32-23-25-48-26-24-32;1-2-11-36-34(9-1)35-10-3-4-12-37(35)43-29-33(19-22-38(36)43)50-45-16-8-6-14-40(45)42-21-18-31(28-47(42)50)30-17-20-41-39-13-5-7-15-44(39)49(46(41)27-30)32-23-25-48-26-24-32/h1-30H;2*1-29H. The van der Waals surface area contributed by atoms with Crippen LogP contribution in [0.4, 0.5) is 0 Å². The van der Waals surface area contributed by atoms with E-state index in [4.69, 9.17) is 0 Å². The highest BCUT2D eigenvalue weighted by molar-refractivity contribution is 6.30. The predicted octanol–water partition coefficient (Wildman–Crippen LogP) is 37.8. The first kappa shape index (κ1) is 84.5. The Morgan fingerprint density at radius 1 is 0.0933 bits per heavy atom. The monoisotopic (exact) mass is 1900 g/mol. The van der Waals surface area contributed by atoms with Gasteiger partial charge in [0.05, 0.1) is 66.2 Å². The van der Waals surface area contributed by atoms with Gasteiger partial charge in [0.1, 0.15) is 0 Å². The molecule has 8 heteroatoms. The van der Waals surface area contributed by atoms with E-state index in [1.54, 1.807) is 0 Å². The van der Waals surface area contributed by atoms with Crippen LogP contribution < -0.4 is 0 Å². The van der Waals surface area contributed by atoms with Crippen LogP contribution in [-0.2, 0) is 0 Å². The van der Waals surface area contributed by atoms with Crippen LogP contribution in [0.2, 0.25) is 0 Å². The second kappa shape index (κ2) is 33.8. The van der Waals surface area contributed by atoms with Crippen LogP contribution >= 0.6 is 0 Å². The molecule has 0 aliphatic carbocycles. The Bertz CT molecular complexity index is 10900. The van der Waals surface area contributed by atoms with Crippen LogP contribution in [0.3, 0.4) is 0 Å². The average Bonchev–Trinajstić information content (AvgIpc) is 1.47. The lowest BCUT2D eigenvalue weighted by Gasteiger charge is -2.14. The molecule has 33 rings (SSSR count). The molecule has 0 unspecified atom stereocenters. The Kier molecular flexibility index (Phi) is 19.0. The highest BCUT2D eigenvalue weighted by Gasteiger charge is 2.25. The minimum absolute atomic E-state index is 1.11. The fourth-order valence-electron chi connectivity index (χ4n) is 25.2. The van der Waals surface area contributed by atoms with E-state index in [0.29, 0.717) is 0 Å². The molecule has 0 amide bonds. The second-order valence-corrected chi connectivity index (χ2v) is 39.7. The molecule has 0 N–H and O–H groups in total. The molecular weight excluding hydrogens is 1820 g/mol. The zero-order valence-electron chi connectivity index (χ0n) is 81.4. The Labute approximate surface area is 860 Å². The SMILES string of the molecule is c1ccc(-n2c3ccccc3c3ccc(-c4ccc5c(c4)c4ccccc4n5-c4ccc5c6ccccc6c6ccccc6c5c4)cc32)cc1.c1ccc2c(c1)c1ccccc1c1cc(-n3c4ccccc4c4cc(-c5ccc6c7ccccc7n(-c7ccncc7)c6c5)ccc43)ccc21.c1ccc2c(c1)c1ccccc1c1cc(-n3c4ccccc4c4ccc(-c5ccc6c7ccccc7n(-c7ccncc7)c6c5)cc43)ccc21. The summed E-state index contributed by atoms with van der Waals surface area (Å²) in [5, 5.41) is 38.2. The summed E-state index contributed by atoms with van der Waals surface area (Å²) in [6.45, 7) is 0. The van der Waals surface area contributed by atoms with Gasteiger partial charge in [-0.15, -0.1) is 0 Å². The van der Waals surface area contributed by atoms with Crippen molar-refractivity contribution in [3.05, 3.63) is 534 Å². The van der Waals surface area contributed by atoms with E-state index in [9.17, 15) is 0 Å². The summed E-state index contributed by atoms with van der Waals surface area (Å²) in [5.74, 6) is 0. The highest BCUT2D eigenvalue weighted by Crippen LogP contribution is 2.48. The molecule has 0 atom stereocenters. The zero-order chi connectivity index (χ0) is 98.3. The third kappa shape index (κ3) is 13.1. The molecule has 33 aromatic rings. The molecule has 696 valence electrons. The maximum absolute atomic E-state index is 4.29. The minimum atomic E-state index is 1.11. The lowest BCUT2D eigenvalue weighted by atomic mass is 9.94. The summed E-state index contributed by atoms with van der Waals surface area (Å²) in [6.07, 6.45) is 7.46. The molecule has 0 saturated heterocycles. The molecular formula is C142H88N8. The van der Waals surface area contributed by atoms with Crippen molar-refractivity contribution in [1.29, 1.82) is 0 Å². The lowest BCUT2D eigenvalue weighted by molar-refractivity contribution is 1.16. The summed E-state index contributed by atoms with van der Waals surface area (Å²) >= 11 is 0. The number of nitrogens with zero attached hydrogens (tertiary/aromatic N) is 8. The average molecular weight is 1910 g/mol. The van der Waals surface area contributed by atoms with Crippen molar-refractivity contribution >= 4 is 228 Å².